The van der Waals surface area contributed by atoms with E-state index >= 15 is 0 Å². The smallest absolute Gasteiger partial charge is 0.254 e. The van der Waals surface area contributed by atoms with Gasteiger partial charge in [-0.05, 0) is 67.8 Å². The second-order valence-corrected chi connectivity index (χ2v) is 22.4. The van der Waals surface area contributed by atoms with Crippen molar-refractivity contribution in [3.63, 3.8) is 0 Å². The summed E-state index contributed by atoms with van der Waals surface area (Å²) in [7, 11) is 0. The Labute approximate surface area is 445 Å². The van der Waals surface area contributed by atoms with Crippen LogP contribution in [0.3, 0.4) is 0 Å². The average molecular weight is 1000 g/mol. The molecular formula is C65H102N4O4. The number of nitrogens with two attached hydrogens (primary N) is 1. The Kier molecular flexibility index (Phi) is 30.5. The second-order valence-electron chi connectivity index (χ2n) is 22.4. The molecule has 2 N–H and O–H groups in total. The summed E-state index contributed by atoms with van der Waals surface area (Å²) in [5.41, 5.74) is 7.00. The SMILES string of the molecule is C=CC(=O)N1CCCCCCCCCCCCCCCCCCCCCCCCCCCCCCCCCCCCCCCC2(CCN(c3cnc(Oc4ccc(Oc5ccccc5)cc4)c(C(N)=O)c3)C2)C1. The van der Waals surface area contributed by atoms with E-state index in [1.165, 1.54) is 224 Å². The number of hydrogen-bond donors (Lipinski definition) is 1. The van der Waals surface area contributed by atoms with Crippen molar-refractivity contribution in [2.45, 2.75) is 250 Å². The number of carbonyl (C=O) groups excluding carboxylic acids is 2. The van der Waals surface area contributed by atoms with Gasteiger partial charge in [-0.1, -0.05) is 256 Å². The Morgan fingerprint density at radius 3 is 1.27 bits per heavy atom. The van der Waals surface area contributed by atoms with Crippen LogP contribution in [0.15, 0.2) is 79.5 Å². The van der Waals surface area contributed by atoms with Crippen LogP contribution in [0.2, 0.25) is 0 Å². The molecule has 5 rings (SSSR count). The van der Waals surface area contributed by atoms with Crippen LogP contribution in [-0.4, -0.2) is 47.9 Å². The molecule has 2 aromatic carbocycles. The number of primary amides is 1. The lowest BCUT2D eigenvalue weighted by molar-refractivity contribution is -0.127. The summed E-state index contributed by atoms with van der Waals surface area (Å²) in [4.78, 5) is 35.6. The van der Waals surface area contributed by atoms with Gasteiger partial charge >= 0.3 is 0 Å². The highest BCUT2D eigenvalue weighted by atomic mass is 16.5. The van der Waals surface area contributed by atoms with Gasteiger partial charge in [-0.25, -0.2) is 4.98 Å². The molecule has 2 aliphatic heterocycles. The van der Waals surface area contributed by atoms with Crippen molar-refractivity contribution in [3.8, 4) is 23.1 Å². The van der Waals surface area contributed by atoms with Crippen molar-refractivity contribution in [1.82, 2.24) is 9.88 Å². The number of nitrogens with zero attached hydrogens (tertiary/aromatic N) is 3. The summed E-state index contributed by atoms with van der Waals surface area (Å²) in [6.45, 7) is 7.03. The van der Waals surface area contributed by atoms with Gasteiger partial charge in [0.15, 0.2) is 0 Å². The Morgan fingerprint density at radius 1 is 0.479 bits per heavy atom. The van der Waals surface area contributed by atoms with Crippen LogP contribution in [-0.2, 0) is 4.79 Å². The summed E-state index contributed by atoms with van der Waals surface area (Å²) in [5.74, 6) is 1.58. The van der Waals surface area contributed by atoms with Crippen molar-refractivity contribution >= 4 is 17.5 Å². The molecule has 1 aromatic heterocycles. The topological polar surface area (TPSA) is 98.0 Å². The minimum absolute atomic E-state index is 0.0354. The van der Waals surface area contributed by atoms with Crippen LogP contribution < -0.4 is 20.1 Å². The zero-order valence-electron chi connectivity index (χ0n) is 46.1. The van der Waals surface area contributed by atoms with E-state index in [9.17, 15) is 9.59 Å². The van der Waals surface area contributed by atoms with Gasteiger partial charge in [-0.2, -0.15) is 0 Å². The number of amides is 2. The van der Waals surface area contributed by atoms with Gasteiger partial charge in [-0.3, -0.25) is 9.59 Å². The summed E-state index contributed by atoms with van der Waals surface area (Å²) < 4.78 is 12.1. The van der Waals surface area contributed by atoms with E-state index in [0.29, 0.717) is 11.5 Å². The molecule has 1 unspecified atom stereocenters. The molecule has 1 atom stereocenters. The van der Waals surface area contributed by atoms with Gasteiger partial charge in [0.25, 0.3) is 5.91 Å². The molecule has 0 radical (unpaired) electrons. The number of anilines is 1. The first-order chi connectivity index (χ1) is 35.9. The molecule has 3 heterocycles. The molecule has 8 heteroatoms. The fourth-order valence-corrected chi connectivity index (χ4v) is 11.5. The maximum absolute atomic E-state index is 13.6. The van der Waals surface area contributed by atoms with E-state index in [1.807, 2.05) is 48.5 Å². The highest BCUT2D eigenvalue weighted by Gasteiger charge is 2.40. The highest BCUT2D eigenvalue weighted by molar-refractivity contribution is 5.96. The van der Waals surface area contributed by atoms with Gasteiger partial charge in [-0.15, -0.1) is 0 Å². The lowest BCUT2D eigenvalue weighted by Gasteiger charge is -2.36. The van der Waals surface area contributed by atoms with Crippen LogP contribution in [0, 0.1) is 5.41 Å². The van der Waals surface area contributed by atoms with Gasteiger partial charge in [0.1, 0.15) is 22.8 Å². The van der Waals surface area contributed by atoms with Gasteiger partial charge < -0.3 is 25.0 Å². The van der Waals surface area contributed by atoms with Crippen molar-refractivity contribution < 1.29 is 19.1 Å². The van der Waals surface area contributed by atoms with E-state index < -0.39 is 5.91 Å². The summed E-state index contributed by atoms with van der Waals surface area (Å²) >= 11 is 0. The molecule has 0 saturated carbocycles. The summed E-state index contributed by atoms with van der Waals surface area (Å²) in [6.07, 6.45) is 56.1. The van der Waals surface area contributed by atoms with E-state index in [1.54, 1.807) is 18.3 Å². The third-order valence-electron chi connectivity index (χ3n) is 16.1. The lowest BCUT2D eigenvalue weighted by Crippen LogP contribution is -2.43. The van der Waals surface area contributed by atoms with Crippen LogP contribution in [0.4, 0.5) is 5.69 Å². The van der Waals surface area contributed by atoms with Crippen LogP contribution in [0.25, 0.3) is 0 Å². The number of pyridine rings is 1. The van der Waals surface area contributed by atoms with E-state index in [0.717, 1.165) is 69.7 Å². The van der Waals surface area contributed by atoms with E-state index in [2.05, 4.69) is 21.4 Å². The minimum atomic E-state index is -0.587. The fourth-order valence-electron chi connectivity index (χ4n) is 11.5. The Hall–Kier alpha value is -4.33. The van der Waals surface area contributed by atoms with Crippen molar-refractivity contribution in [2.75, 3.05) is 31.1 Å². The van der Waals surface area contributed by atoms with Crippen molar-refractivity contribution in [3.05, 3.63) is 85.1 Å². The highest BCUT2D eigenvalue weighted by Crippen LogP contribution is 2.40. The third kappa shape index (κ3) is 25.2. The van der Waals surface area contributed by atoms with Crippen molar-refractivity contribution in [1.29, 1.82) is 0 Å². The Balaban J connectivity index is 1.12. The number of rotatable bonds is 7. The van der Waals surface area contributed by atoms with E-state index in [4.69, 9.17) is 15.2 Å². The molecule has 2 fully saturated rings. The van der Waals surface area contributed by atoms with Gasteiger partial charge in [0, 0.05) is 31.6 Å². The first-order valence-electron chi connectivity index (χ1n) is 30.4. The molecule has 2 aliphatic rings. The first-order valence-corrected chi connectivity index (χ1v) is 30.4. The zero-order chi connectivity index (χ0) is 51.3. The maximum Gasteiger partial charge on any atom is 0.254 e. The van der Waals surface area contributed by atoms with Crippen LogP contribution in [0.1, 0.15) is 261 Å². The van der Waals surface area contributed by atoms with Crippen LogP contribution in [0.5, 0.6) is 23.1 Å². The number of para-hydroxylation sites is 1. The first kappa shape index (κ1) is 59.5. The summed E-state index contributed by atoms with van der Waals surface area (Å²) in [6, 6.07) is 18.7. The molecular weight excluding hydrogens is 901 g/mol. The van der Waals surface area contributed by atoms with Crippen molar-refractivity contribution in [2.24, 2.45) is 11.1 Å². The summed E-state index contributed by atoms with van der Waals surface area (Å²) in [5, 5.41) is 0. The molecule has 8 nitrogen and oxygen atoms in total. The number of benzene rings is 2. The third-order valence-corrected chi connectivity index (χ3v) is 16.1. The van der Waals surface area contributed by atoms with Gasteiger partial charge in [0.2, 0.25) is 11.8 Å². The molecule has 2 amide bonds. The molecule has 406 valence electrons. The molecule has 1 spiro atoms. The number of carbonyl (C=O) groups is 2. The average Bonchev–Trinajstić information content (AvgIpc) is 3.83. The molecule has 2 saturated heterocycles. The molecule has 3 aromatic rings. The normalized spacial score (nSPS) is 21.5. The molecule has 0 bridgehead atoms. The monoisotopic (exact) mass is 1000 g/mol. The predicted molar refractivity (Wildman–Crippen MR) is 307 cm³/mol. The molecule has 73 heavy (non-hydrogen) atoms. The standard InChI is InChI=1S/C65H102N4O4/c1-2-62(70)69-51-42-37-35-33-31-29-27-25-23-21-19-17-15-13-11-9-7-5-3-4-6-8-10-12-14-16-18-20-22-24-26-28-30-32-34-36-41-49-65(56-69)50-52-68(55-65)57-53-61(63(66)71)64(67-54-57)73-60-47-45-59(46-48-60)72-58-43-39-38-40-44-58/h2,38-40,43-48,53-54H,1,3-37,41-42,49-52,55-56H2,(H2,66,71). The van der Waals surface area contributed by atoms with E-state index in [-0.39, 0.29) is 22.8 Å². The number of aromatic nitrogens is 1. The van der Waals surface area contributed by atoms with Crippen LogP contribution >= 0.6 is 0 Å². The quantitative estimate of drug-likeness (QED) is 0.237. The second kappa shape index (κ2) is 37.4. The minimum Gasteiger partial charge on any atom is -0.457 e. The Bertz CT molecular complexity index is 1900. The number of hydrogen-bond acceptors (Lipinski definition) is 6. The zero-order valence-corrected chi connectivity index (χ0v) is 46.1. The largest absolute Gasteiger partial charge is 0.457 e. The maximum atomic E-state index is 13.6. The fraction of sp³-hybridized carbons (Fsp3) is 0.677. The predicted octanol–water partition coefficient (Wildman–Crippen LogP) is 18.8. The Morgan fingerprint density at radius 2 is 0.863 bits per heavy atom. The van der Waals surface area contributed by atoms with Gasteiger partial charge in [0.05, 0.1) is 11.9 Å². The lowest BCUT2D eigenvalue weighted by atomic mass is 9.80. The number of ether oxygens (including phenoxy) is 2. The molecule has 0 aliphatic carbocycles.